The van der Waals surface area contributed by atoms with E-state index in [1.807, 2.05) is 0 Å². The zero-order valence-electron chi connectivity index (χ0n) is 15.7. The number of allylic oxidation sites excluding steroid dienone is 1. The smallest absolute Gasteiger partial charge is 0.167 e. The molecular formula is C21H32O4. The molecule has 0 aromatic carbocycles. The average Bonchev–Trinajstić information content (AvgIpc) is 2.83. The van der Waals surface area contributed by atoms with E-state index in [0.717, 1.165) is 32.1 Å². The van der Waals surface area contributed by atoms with Crippen molar-refractivity contribution in [1.29, 1.82) is 0 Å². The van der Waals surface area contributed by atoms with Crippen molar-refractivity contribution < 1.29 is 20.1 Å². The summed E-state index contributed by atoms with van der Waals surface area (Å²) in [6.07, 6.45) is 7.19. The van der Waals surface area contributed by atoms with Crippen LogP contribution in [0.5, 0.6) is 0 Å². The predicted molar refractivity (Wildman–Crippen MR) is 94.4 cm³/mol. The second-order valence-corrected chi connectivity index (χ2v) is 9.83. The Kier molecular flexibility index (Phi) is 3.82. The molecule has 0 spiro atoms. The molecule has 7 atom stereocenters. The van der Waals surface area contributed by atoms with Gasteiger partial charge in [0.1, 0.15) is 5.78 Å². The Balaban J connectivity index is 1.77. The number of hydrogen-bond donors (Lipinski definition) is 3. The molecule has 140 valence electrons. The van der Waals surface area contributed by atoms with E-state index in [1.54, 1.807) is 6.92 Å². The Labute approximate surface area is 150 Å². The summed E-state index contributed by atoms with van der Waals surface area (Å²) < 4.78 is 0. The molecule has 3 N–H and O–H groups in total. The van der Waals surface area contributed by atoms with E-state index in [0.29, 0.717) is 18.8 Å². The molecule has 3 saturated carbocycles. The largest absolute Gasteiger partial charge is 0.393 e. The van der Waals surface area contributed by atoms with Gasteiger partial charge in [0.05, 0.1) is 6.10 Å². The minimum atomic E-state index is -1.75. The maximum atomic E-state index is 12.2. The number of hydrogen-bond acceptors (Lipinski definition) is 4. The van der Waals surface area contributed by atoms with Gasteiger partial charge in [-0.1, -0.05) is 25.5 Å². The normalized spacial score (nSPS) is 51.1. The minimum Gasteiger partial charge on any atom is -0.393 e. The molecule has 0 aromatic heterocycles. The van der Waals surface area contributed by atoms with Gasteiger partial charge in [0.15, 0.2) is 5.79 Å². The molecule has 4 heteroatoms. The van der Waals surface area contributed by atoms with E-state index >= 15 is 0 Å². The molecule has 25 heavy (non-hydrogen) atoms. The van der Waals surface area contributed by atoms with Crippen molar-refractivity contribution in [3.8, 4) is 0 Å². The molecular weight excluding hydrogens is 316 g/mol. The van der Waals surface area contributed by atoms with E-state index in [9.17, 15) is 20.1 Å². The van der Waals surface area contributed by atoms with Crippen molar-refractivity contribution in [2.75, 3.05) is 0 Å². The standard InChI is InChI=1S/C21H32O4/c1-12(22)16-6-7-17-15-5-4-13-10-14(23)8-9-19(13,2)18(15)21(24,25)11-20(16,17)3/h4,14-18,23-25H,5-11H2,1-3H3. The number of Topliss-reactive ketones (excluding diaryl/α,β-unsaturated/α-hetero) is 1. The van der Waals surface area contributed by atoms with Gasteiger partial charge < -0.3 is 15.3 Å². The molecule has 0 aromatic rings. The van der Waals surface area contributed by atoms with Crippen molar-refractivity contribution in [1.82, 2.24) is 0 Å². The quantitative estimate of drug-likeness (QED) is 0.503. The van der Waals surface area contributed by atoms with Gasteiger partial charge in [-0.05, 0) is 68.1 Å². The van der Waals surface area contributed by atoms with Crippen LogP contribution >= 0.6 is 0 Å². The van der Waals surface area contributed by atoms with Gasteiger partial charge in [0.25, 0.3) is 0 Å². The summed E-state index contributed by atoms with van der Waals surface area (Å²) in [5.74, 6) is -1.22. The molecule has 0 radical (unpaired) electrons. The maximum Gasteiger partial charge on any atom is 0.167 e. The lowest BCUT2D eigenvalue weighted by Crippen LogP contribution is -2.62. The molecule has 0 aliphatic heterocycles. The fraction of sp³-hybridized carbons (Fsp3) is 0.857. The molecule has 0 heterocycles. The molecule has 3 fully saturated rings. The van der Waals surface area contributed by atoms with E-state index in [2.05, 4.69) is 19.9 Å². The highest BCUT2D eigenvalue weighted by atomic mass is 16.5. The Hall–Kier alpha value is -0.710. The van der Waals surface area contributed by atoms with Crippen LogP contribution < -0.4 is 0 Å². The number of ketones is 1. The van der Waals surface area contributed by atoms with Crippen LogP contribution in [0.25, 0.3) is 0 Å². The number of aliphatic hydroxyl groups excluding tert-OH is 1. The Morgan fingerprint density at radius 2 is 1.92 bits per heavy atom. The molecule has 0 amide bonds. The SMILES string of the molecule is CC(=O)C1CCC2C3CC=C4CC(O)CCC4(C)C3C(O)(O)CC12C. The summed E-state index contributed by atoms with van der Waals surface area (Å²) in [6, 6.07) is 0. The van der Waals surface area contributed by atoms with Crippen LogP contribution in [0.3, 0.4) is 0 Å². The summed E-state index contributed by atoms with van der Waals surface area (Å²) in [7, 11) is 0. The van der Waals surface area contributed by atoms with Crippen molar-refractivity contribution in [3.05, 3.63) is 11.6 Å². The topological polar surface area (TPSA) is 77.8 Å². The van der Waals surface area contributed by atoms with Gasteiger partial charge in [-0.3, -0.25) is 4.79 Å². The minimum absolute atomic E-state index is 0.0523. The molecule has 0 saturated heterocycles. The van der Waals surface area contributed by atoms with Crippen LogP contribution in [0.15, 0.2) is 11.6 Å². The summed E-state index contributed by atoms with van der Waals surface area (Å²) in [6.45, 7) is 5.94. The molecule has 7 unspecified atom stereocenters. The molecule has 4 aliphatic carbocycles. The molecule has 4 rings (SSSR count). The summed E-state index contributed by atoms with van der Waals surface area (Å²) in [5, 5.41) is 32.5. The van der Waals surface area contributed by atoms with Gasteiger partial charge in [-0.2, -0.15) is 0 Å². The van der Waals surface area contributed by atoms with Gasteiger partial charge in [0.2, 0.25) is 0 Å². The fourth-order valence-electron chi connectivity index (χ4n) is 7.58. The van der Waals surface area contributed by atoms with Crippen LogP contribution in [-0.2, 0) is 4.79 Å². The first kappa shape index (κ1) is 17.7. The van der Waals surface area contributed by atoms with E-state index in [1.165, 1.54) is 5.57 Å². The van der Waals surface area contributed by atoms with Crippen LogP contribution in [0.4, 0.5) is 0 Å². The summed E-state index contributed by atoms with van der Waals surface area (Å²) >= 11 is 0. The second-order valence-electron chi connectivity index (χ2n) is 9.83. The Morgan fingerprint density at radius 3 is 2.60 bits per heavy atom. The maximum absolute atomic E-state index is 12.2. The number of rotatable bonds is 1. The number of aliphatic hydroxyl groups is 3. The Bertz CT molecular complexity index is 623. The van der Waals surface area contributed by atoms with Gasteiger partial charge in [-0.15, -0.1) is 0 Å². The molecule has 4 aliphatic rings. The van der Waals surface area contributed by atoms with Crippen LogP contribution in [0.2, 0.25) is 0 Å². The molecule has 0 bridgehead atoms. The first-order valence-corrected chi connectivity index (χ1v) is 9.92. The van der Waals surface area contributed by atoms with Crippen LogP contribution in [-0.4, -0.2) is 33.0 Å². The van der Waals surface area contributed by atoms with Crippen molar-refractivity contribution in [3.63, 3.8) is 0 Å². The first-order chi connectivity index (χ1) is 11.6. The third kappa shape index (κ3) is 2.33. The zero-order chi connectivity index (χ0) is 18.2. The highest BCUT2D eigenvalue weighted by Crippen LogP contribution is 2.68. The Morgan fingerprint density at radius 1 is 1.20 bits per heavy atom. The lowest BCUT2D eigenvalue weighted by atomic mass is 9.45. The second kappa shape index (κ2) is 5.40. The predicted octanol–water partition coefficient (Wildman–Crippen LogP) is 2.81. The highest BCUT2D eigenvalue weighted by molar-refractivity contribution is 5.79. The van der Waals surface area contributed by atoms with Crippen molar-refractivity contribution in [2.24, 2.45) is 34.5 Å². The van der Waals surface area contributed by atoms with Gasteiger partial charge in [0, 0.05) is 18.3 Å². The summed E-state index contributed by atoms with van der Waals surface area (Å²) in [5.41, 5.74) is 0.651. The van der Waals surface area contributed by atoms with Crippen LogP contribution in [0.1, 0.15) is 65.7 Å². The third-order valence-corrected chi connectivity index (χ3v) is 8.49. The first-order valence-electron chi connectivity index (χ1n) is 9.92. The van der Waals surface area contributed by atoms with Gasteiger partial charge >= 0.3 is 0 Å². The zero-order valence-corrected chi connectivity index (χ0v) is 15.7. The number of carbonyl (C=O) groups excluding carboxylic acids is 1. The number of fused-ring (bicyclic) bond motifs is 5. The summed E-state index contributed by atoms with van der Waals surface area (Å²) in [4.78, 5) is 12.2. The lowest BCUT2D eigenvalue weighted by Gasteiger charge is -2.61. The highest BCUT2D eigenvalue weighted by Gasteiger charge is 2.66. The van der Waals surface area contributed by atoms with Crippen molar-refractivity contribution >= 4 is 5.78 Å². The van der Waals surface area contributed by atoms with Gasteiger partial charge in [-0.25, -0.2) is 0 Å². The number of carbonyl (C=O) groups is 1. The van der Waals surface area contributed by atoms with Crippen LogP contribution in [0, 0.1) is 34.5 Å². The van der Waals surface area contributed by atoms with E-state index in [-0.39, 0.29) is 40.5 Å². The average molecular weight is 348 g/mol. The monoisotopic (exact) mass is 348 g/mol. The third-order valence-electron chi connectivity index (χ3n) is 8.49. The van der Waals surface area contributed by atoms with Crippen molar-refractivity contribution in [2.45, 2.75) is 77.6 Å². The lowest BCUT2D eigenvalue weighted by molar-refractivity contribution is -0.292. The van der Waals surface area contributed by atoms with E-state index in [4.69, 9.17) is 0 Å². The van der Waals surface area contributed by atoms with E-state index < -0.39 is 5.79 Å². The fourth-order valence-corrected chi connectivity index (χ4v) is 7.58. The molecule has 4 nitrogen and oxygen atoms in total.